The summed E-state index contributed by atoms with van der Waals surface area (Å²) in [5, 5.41) is 9.01. The molecule has 1 aromatic carbocycles. The van der Waals surface area contributed by atoms with E-state index in [1.807, 2.05) is 24.3 Å². The van der Waals surface area contributed by atoms with Gasteiger partial charge in [0.1, 0.15) is 0 Å². The molecule has 1 fully saturated rings. The second-order valence-electron chi connectivity index (χ2n) is 5.65. The molecular formula is C16H20BrNO3. The van der Waals surface area contributed by atoms with Crippen molar-refractivity contribution in [2.45, 2.75) is 38.6 Å². The van der Waals surface area contributed by atoms with Crippen LogP contribution in [0.3, 0.4) is 0 Å². The number of carboxylic acids is 1. The number of nitrogens with zero attached hydrogens (tertiary/aromatic N) is 1. The molecule has 0 spiro atoms. The zero-order chi connectivity index (χ0) is 15.4. The molecule has 4 nitrogen and oxygen atoms in total. The minimum Gasteiger partial charge on any atom is -0.481 e. The van der Waals surface area contributed by atoms with Crippen molar-refractivity contribution in [3.05, 3.63) is 34.3 Å². The Balaban J connectivity index is 1.91. The van der Waals surface area contributed by atoms with Crippen LogP contribution in [0.15, 0.2) is 28.7 Å². The van der Waals surface area contributed by atoms with Gasteiger partial charge in [-0.2, -0.15) is 0 Å². The van der Waals surface area contributed by atoms with Crippen molar-refractivity contribution in [3.8, 4) is 0 Å². The average molecular weight is 354 g/mol. The number of aryl methyl sites for hydroxylation is 1. The minimum absolute atomic E-state index is 0.0607. The number of benzene rings is 1. The Morgan fingerprint density at radius 1 is 1.43 bits per heavy atom. The molecule has 1 unspecified atom stereocenters. The Hall–Kier alpha value is -1.36. The molecule has 1 atom stereocenters. The molecule has 0 radical (unpaired) electrons. The molecule has 0 aromatic heterocycles. The van der Waals surface area contributed by atoms with Gasteiger partial charge in [-0.15, -0.1) is 0 Å². The third-order valence-electron chi connectivity index (χ3n) is 3.72. The summed E-state index contributed by atoms with van der Waals surface area (Å²) in [7, 11) is 0. The summed E-state index contributed by atoms with van der Waals surface area (Å²) in [4.78, 5) is 25.1. The summed E-state index contributed by atoms with van der Waals surface area (Å²) in [6.45, 7) is 1.97. The van der Waals surface area contributed by atoms with Crippen LogP contribution in [0.2, 0.25) is 0 Å². The maximum absolute atomic E-state index is 12.4. The van der Waals surface area contributed by atoms with Crippen molar-refractivity contribution in [1.29, 1.82) is 0 Å². The van der Waals surface area contributed by atoms with Crippen molar-refractivity contribution in [2.24, 2.45) is 5.92 Å². The highest BCUT2D eigenvalue weighted by molar-refractivity contribution is 9.10. The normalized spacial score (nSPS) is 15.5. The molecule has 1 amide bonds. The first kappa shape index (κ1) is 16.0. The second kappa shape index (κ2) is 7.07. The van der Waals surface area contributed by atoms with Gasteiger partial charge in [0.05, 0.1) is 5.92 Å². The number of hydrogen-bond acceptors (Lipinski definition) is 2. The van der Waals surface area contributed by atoms with Gasteiger partial charge in [-0.25, -0.2) is 0 Å². The SMILES string of the molecule is CC(CN(C(=O)CCc1cccc(Br)c1)C1CC1)C(=O)O. The number of aliphatic carboxylic acids is 1. The van der Waals surface area contributed by atoms with E-state index >= 15 is 0 Å². The zero-order valence-corrected chi connectivity index (χ0v) is 13.7. The van der Waals surface area contributed by atoms with E-state index in [4.69, 9.17) is 5.11 Å². The fraction of sp³-hybridized carbons (Fsp3) is 0.500. The Morgan fingerprint density at radius 3 is 2.71 bits per heavy atom. The fourth-order valence-electron chi connectivity index (χ4n) is 2.30. The molecule has 0 aliphatic heterocycles. The molecule has 2 rings (SSSR count). The second-order valence-corrected chi connectivity index (χ2v) is 6.56. The van der Waals surface area contributed by atoms with Crippen molar-refractivity contribution in [3.63, 3.8) is 0 Å². The van der Waals surface area contributed by atoms with Crippen LogP contribution in [0.1, 0.15) is 31.7 Å². The van der Waals surface area contributed by atoms with E-state index in [1.54, 1.807) is 11.8 Å². The predicted octanol–water partition coefficient (Wildman–Crippen LogP) is 3.09. The van der Waals surface area contributed by atoms with Gasteiger partial charge in [-0.3, -0.25) is 9.59 Å². The van der Waals surface area contributed by atoms with Gasteiger partial charge in [-0.05, 0) is 37.0 Å². The van der Waals surface area contributed by atoms with Crippen molar-refractivity contribution in [1.82, 2.24) is 4.90 Å². The molecule has 21 heavy (non-hydrogen) atoms. The predicted molar refractivity (Wildman–Crippen MR) is 84.0 cm³/mol. The number of carboxylic acid groups (broad SMARTS) is 1. The number of halogens is 1. The van der Waals surface area contributed by atoms with Gasteiger partial charge < -0.3 is 10.0 Å². The lowest BCUT2D eigenvalue weighted by molar-refractivity contribution is -0.143. The number of amides is 1. The van der Waals surface area contributed by atoms with E-state index in [-0.39, 0.29) is 11.9 Å². The highest BCUT2D eigenvalue weighted by atomic mass is 79.9. The Kier molecular flexibility index (Phi) is 5.39. The van der Waals surface area contributed by atoms with Crippen LogP contribution in [-0.2, 0) is 16.0 Å². The Bertz CT molecular complexity index is 528. The molecule has 0 heterocycles. The number of rotatable bonds is 7. The molecule has 114 valence electrons. The lowest BCUT2D eigenvalue weighted by Gasteiger charge is -2.24. The van der Waals surface area contributed by atoms with E-state index in [2.05, 4.69) is 15.9 Å². The lowest BCUT2D eigenvalue weighted by atomic mass is 10.1. The van der Waals surface area contributed by atoms with E-state index in [0.29, 0.717) is 19.4 Å². The molecule has 1 saturated carbocycles. The standard InChI is InChI=1S/C16H20BrNO3/c1-11(16(20)21)10-18(14-6-7-14)15(19)8-5-12-3-2-4-13(17)9-12/h2-4,9,11,14H,5-8,10H2,1H3,(H,20,21). The molecule has 0 saturated heterocycles. The first-order chi connectivity index (χ1) is 9.97. The summed E-state index contributed by atoms with van der Waals surface area (Å²) >= 11 is 3.42. The van der Waals surface area contributed by atoms with Crippen LogP contribution in [0.5, 0.6) is 0 Å². The summed E-state index contributed by atoms with van der Waals surface area (Å²) in [6, 6.07) is 8.17. The largest absolute Gasteiger partial charge is 0.481 e. The molecule has 5 heteroatoms. The topological polar surface area (TPSA) is 57.6 Å². The fourth-order valence-corrected chi connectivity index (χ4v) is 2.75. The van der Waals surface area contributed by atoms with E-state index in [0.717, 1.165) is 22.9 Å². The number of carbonyl (C=O) groups is 2. The van der Waals surface area contributed by atoms with Crippen molar-refractivity contribution >= 4 is 27.8 Å². The molecule has 1 aliphatic carbocycles. The van der Waals surface area contributed by atoms with Crippen LogP contribution in [0.4, 0.5) is 0 Å². The van der Waals surface area contributed by atoms with E-state index < -0.39 is 11.9 Å². The van der Waals surface area contributed by atoms with Crippen LogP contribution >= 0.6 is 15.9 Å². The highest BCUT2D eigenvalue weighted by Gasteiger charge is 2.34. The van der Waals surface area contributed by atoms with Crippen molar-refractivity contribution < 1.29 is 14.7 Å². The first-order valence-electron chi connectivity index (χ1n) is 7.24. The third-order valence-corrected chi connectivity index (χ3v) is 4.21. The van der Waals surface area contributed by atoms with Crippen LogP contribution in [-0.4, -0.2) is 34.5 Å². The highest BCUT2D eigenvalue weighted by Crippen LogP contribution is 2.28. The smallest absolute Gasteiger partial charge is 0.308 e. The first-order valence-corrected chi connectivity index (χ1v) is 8.03. The van der Waals surface area contributed by atoms with E-state index in [1.165, 1.54) is 0 Å². The maximum Gasteiger partial charge on any atom is 0.308 e. The van der Waals surface area contributed by atoms with Gasteiger partial charge in [0, 0.05) is 23.5 Å². The number of carbonyl (C=O) groups excluding carboxylic acids is 1. The summed E-state index contributed by atoms with van der Waals surface area (Å²) in [6.07, 6.45) is 3.10. The third kappa shape index (κ3) is 4.84. The maximum atomic E-state index is 12.4. The van der Waals surface area contributed by atoms with Crippen LogP contribution < -0.4 is 0 Å². The van der Waals surface area contributed by atoms with Crippen LogP contribution in [0.25, 0.3) is 0 Å². The van der Waals surface area contributed by atoms with Gasteiger partial charge >= 0.3 is 5.97 Å². The molecule has 0 bridgehead atoms. The van der Waals surface area contributed by atoms with Crippen molar-refractivity contribution in [2.75, 3.05) is 6.54 Å². The molecule has 1 aromatic rings. The minimum atomic E-state index is -0.847. The van der Waals surface area contributed by atoms with Gasteiger partial charge in [-0.1, -0.05) is 35.0 Å². The van der Waals surface area contributed by atoms with E-state index in [9.17, 15) is 9.59 Å². The molecule has 1 N–H and O–H groups in total. The number of hydrogen-bond donors (Lipinski definition) is 1. The lowest BCUT2D eigenvalue weighted by Crippen LogP contribution is -2.38. The zero-order valence-electron chi connectivity index (χ0n) is 12.1. The monoisotopic (exact) mass is 353 g/mol. The quantitative estimate of drug-likeness (QED) is 0.819. The average Bonchev–Trinajstić information content (AvgIpc) is 3.26. The van der Waals surface area contributed by atoms with Crippen LogP contribution in [0, 0.1) is 5.92 Å². The summed E-state index contributed by atoms with van der Waals surface area (Å²) in [5.41, 5.74) is 1.11. The Morgan fingerprint density at radius 2 is 2.14 bits per heavy atom. The molecular weight excluding hydrogens is 334 g/mol. The van der Waals surface area contributed by atoms with Gasteiger partial charge in [0.25, 0.3) is 0 Å². The van der Waals surface area contributed by atoms with Gasteiger partial charge in [0.2, 0.25) is 5.91 Å². The Labute approximate surface area is 133 Å². The summed E-state index contributed by atoms with van der Waals surface area (Å²) in [5.74, 6) is -1.30. The molecule has 1 aliphatic rings. The summed E-state index contributed by atoms with van der Waals surface area (Å²) < 4.78 is 1.01. The van der Waals surface area contributed by atoms with Gasteiger partial charge in [0.15, 0.2) is 0 Å².